The summed E-state index contributed by atoms with van der Waals surface area (Å²) in [6, 6.07) is 4.77. The van der Waals surface area contributed by atoms with Crippen molar-refractivity contribution in [1.29, 1.82) is 0 Å². The molecule has 0 saturated heterocycles. The van der Waals surface area contributed by atoms with Crippen LogP contribution >= 0.6 is 12.2 Å². The number of nitro groups is 1. The number of non-ortho nitro benzene ring substituents is 1. The molecule has 0 unspecified atom stereocenters. The van der Waals surface area contributed by atoms with Crippen molar-refractivity contribution in [1.82, 2.24) is 9.97 Å². The van der Waals surface area contributed by atoms with E-state index in [0.29, 0.717) is 15.8 Å². The van der Waals surface area contributed by atoms with Gasteiger partial charge in [0, 0.05) is 6.07 Å². The Labute approximate surface area is 77.6 Å². The Morgan fingerprint density at radius 2 is 2.15 bits per heavy atom. The van der Waals surface area contributed by atoms with Crippen molar-refractivity contribution < 1.29 is 4.92 Å². The van der Waals surface area contributed by atoms with Crippen molar-refractivity contribution in [3.63, 3.8) is 0 Å². The van der Waals surface area contributed by atoms with Crippen LogP contribution in [0.2, 0.25) is 0 Å². The zero-order chi connectivity index (χ0) is 9.42. The lowest BCUT2D eigenvalue weighted by Gasteiger charge is -1.90. The van der Waals surface area contributed by atoms with Gasteiger partial charge in [0.25, 0.3) is 5.69 Å². The molecule has 0 radical (unpaired) electrons. The molecule has 1 aromatic carbocycles. The highest BCUT2D eigenvalue weighted by atomic mass is 32.1. The van der Waals surface area contributed by atoms with Gasteiger partial charge >= 0.3 is 0 Å². The number of H-pyrrole nitrogens is 2. The number of aromatic amines is 2. The number of imidazole rings is 1. The molecule has 5 nitrogen and oxygen atoms in total. The van der Waals surface area contributed by atoms with E-state index in [2.05, 4.69) is 9.97 Å². The second-order valence-electron chi connectivity index (χ2n) is 2.54. The van der Waals surface area contributed by atoms with Crippen LogP contribution in [0.5, 0.6) is 0 Å². The molecule has 0 aliphatic carbocycles. The van der Waals surface area contributed by atoms with Gasteiger partial charge in [-0.1, -0.05) is 6.07 Å². The smallest absolute Gasteiger partial charge is 0.294 e. The molecule has 0 saturated carbocycles. The van der Waals surface area contributed by atoms with Crippen molar-refractivity contribution in [2.45, 2.75) is 0 Å². The normalized spacial score (nSPS) is 10.5. The topological polar surface area (TPSA) is 74.7 Å². The summed E-state index contributed by atoms with van der Waals surface area (Å²) in [4.78, 5) is 15.7. The molecular weight excluding hydrogens is 190 g/mol. The Morgan fingerprint density at radius 1 is 1.38 bits per heavy atom. The van der Waals surface area contributed by atoms with Gasteiger partial charge in [-0.05, 0) is 18.3 Å². The van der Waals surface area contributed by atoms with Crippen LogP contribution in [0.25, 0.3) is 11.0 Å². The lowest BCUT2D eigenvalue weighted by atomic mass is 10.3. The van der Waals surface area contributed by atoms with E-state index in [4.69, 9.17) is 12.2 Å². The number of hydrogen-bond donors (Lipinski definition) is 2. The molecule has 66 valence electrons. The Kier molecular flexibility index (Phi) is 1.63. The molecule has 0 bridgehead atoms. The van der Waals surface area contributed by atoms with Gasteiger partial charge in [0.2, 0.25) is 0 Å². The molecule has 0 spiro atoms. The van der Waals surface area contributed by atoms with Gasteiger partial charge in [-0.25, -0.2) is 0 Å². The summed E-state index contributed by atoms with van der Waals surface area (Å²) in [7, 11) is 0. The third-order valence-corrected chi connectivity index (χ3v) is 1.93. The first-order valence-electron chi connectivity index (χ1n) is 3.54. The third-order valence-electron chi connectivity index (χ3n) is 1.73. The van der Waals surface area contributed by atoms with E-state index in [-0.39, 0.29) is 5.69 Å². The van der Waals surface area contributed by atoms with Crippen LogP contribution in [0.1, 0.15) is 0 Å². The Bertz CT molecular complexity index is 528. The number of aromatic nitrogens is 2. The molecule has 2 aromatic rings. The first-order chi connectivity index (χ1) is 6.18. The van der Waals surface area contributed by atoms with Gasteiger partial charge in [0.15, 0.2) is 4.77 Å². The monoisotopic (exact) mass is 195 g/mol. The van der Waals surface area contributed by atoms with Gasteiger partial charge in [0.05, 0.1) is 10.4 Å². The maximum atomic E-state index is 10.6. The first kappa shape index (κ1) is 7.93. The predicted octanol–water partition coefficient (Wildman–Crippen LogP) is 2.13. The minimum Gasteiger partial charge on any atom is -0.331 e. The number of rotatable bonds is 1. The summed E-state index contributed by atoms with van der Waals surface area (Å²) in [6.07, 6.45) is 0. The number of nitrogens with one attached hydrogen (secondary N) is 2. The molecule has 2 N–H and O–H groups in total. The Hall–Kier alpha value is -1.69. The van der Waals surface area contributed by atoms with Crippen molar-refractivity contribution in [2.24, 2.45) is 0 Å². The lowest BCUT2D eigenvalue weighted by molar-refractivity contribution is -0.383. The van der Waals surface area contributed by atoms with E-state index in [0.717, 1.165) is 0 Å². The van der Waals surface area contributed by atoms with Gasteiger partial charge in [-0.3, -0.25) is 10.1 Å². The second kappa shape index (κ2) is 2.67. The van der Waals surface area contributed by atoms with Gasteiger partial charge < -0.3 is 9.97 Å². The average molecular weight is 195 g/mol. The van der Waals surface area contributed by atoms with Crippen LogP contribution in [0.15, 0.2) is 18.2 Å². The van der Waals surface area contributed by atoms with E-state index < -0.39 is 4.92 Å². The Morgan fingerprint density at radius 3 is 2.85 bits per heavy atom. The SMILES string of the molecule is O=[N+]([O-])c1cccc2[nH]c(=S)[nH]c12. The molecule has 13 heavy (non-hydrogen) atoms. The molecule has 1 aromatic heterocycles. The largest absolute Gasteiger partial charge is 0.331 e. The van der Waals surface area contributed by atoms with E-state index in [9.17, 15) is 10.1 Å². The average Bonchev–Trinajstić information content (AvgIpc) is 2.43. The van der Waals surface area contributed by atoms with Gasteiger partial charge in [0.1, 0.15) is 5.52 Å². The maximum absolute atomic E-state index is 10.6. The quantitative estimate of drug-likeness (QED) is 0.416. The molecule has 0 aliphatic rings. The van der Waals surface area contributed by atoms with Crippen molar-refractivity contribution >= 4 is 28.9 Å². The van der Waals surface area contributed by atoms with Crippen LogP contribution in [0, 0.1) is 14.9 Å². The van der Waals surface area contributed by atoms with E-state index >= 15 is 0 Å². The number of nitrogens with zero attached hydrogens (tertiary/aromatic N) is 1. The number of fused-ring (bicyclic) bond motifs is 1. The molecule has 0 fully saturated rings. The van der Waals surface area contributed by atoms with Crippen LogP contribution in [0.3, 0.4) is 0 Å². The molecular formula is C7H5N3O2S. The first-order valence-corrected chi connectivity index (χ1v) is 3.95. The maximum Gasteiger partial charge on any atom is 0.294 e. The van der Waals surface area contributed by atoms with Crippen LogP contribution < -0.4 is 0 Å². The Balaban J connectivity index is 2.90. The van der Waals surface area contributed by atoms with E-state index in [1.807, 2.05) is 0 Å². The lowest BCUT2D eigenvalue weighted by Crippen LogP contribution is -1.88. The summed E-state index contributed by atoms with van der Waals surface area (Å²) in [6.45, 7) is 0. The highest BCUT2D eigenvalue weighted by molar-refractivity contribution is 7.71. The molecule has 0 atom stereocenters. The van der Waals surface area contributed by atoms with Crippen molar-refractivity contribution in [3.8, 4) is 0 Å². The minimum atomic E-state index is -0.443. The number of hydrogen-bond acceptors (Lipinski definition) is 3. The summed E-state index contributed by atoms with van der Waals surface area (Å²) < 4.78 is 0.393. The molecule has 0 amide bonds. The fourth-order valence-electron chi connectivity index (χ4n) is 1.19. The van der Waals surface area contributed by atoms with Crippen LogP contribution in [-0.2, 0) is 0 Å². The number of benzene rings is 1. The zero-order valence-electron chi connectivity index (χ0n) is 6.40. The summed E-state index contributed by atoms with van der Waals surface area (Å²) in [5.74, 6) is 0. The molecule has 2 rings (SSSR count). The molecule has 1 heterocycles. The third kappa shape index (κ3) is 1.20. The standard InChI is InChI=1S/C7H5N3O2S/c11-10(12)5-3-1-2-4-6(5)9-7(13)8-4/h1-3H,(H2,8,9,13). The highest BCUT2D eigenvalue weighted by Crippen LogP contribution is 2.21. The van der Waals surface area contributed by atoms with Crippen LogP contribution in [-0.4, -0.2) is 14.9 Å². The minimum absolute atomic E-state index is 0.0323. The number of para-hydroxylation sites is 1. The second-order valence-corrected chi connectivity index (χ2v) is 2.94. The number of nitro benzene ring substituents is 1. The van der Waals surface area contributed by atoms with Crippen LogP contribution in [0.4, 0.5) is 5.69 Å². The van der Waals surface area contributed by atoms with E-state index in [1.54, 1.807) is 12.1 Å². The van der Waals surface area contributed by atoms with E-state index in [1.165, 1.54) is 6.07 Å². The fourth-order valence-corrected chi connectivity index (χ4v) is 1.41. The van der Waals surface area contributed by atoms with Gasteiger partial charge in [-0.15, -0.1) is 0 Å². The van der Waals surface area contributed by atoms with Crippen molar-refractivity contribution in [3.05, 3.63) is 33.1 Å². The predicted molar refractivity (Wildman–Crippen MR) is 50.1 cm³/mol. The fraction of sp³-hybridized carbons (Fsp3) is 0. The zero-order valence-corrected chi connectivity index (χ0v) is 7.22. The summed E-state index contributed by atoms with van der Waals surface area (Å²) in [5, 5.41) is 10.6. The summed E-state index contributed by atoms with van der Waals surface area (Å²) >= 11 is 4.83. The van der Waals surface area contributed by atoms with Gasteiger partial charge in [-0.2, -0.15) is 0 Å². The summed E-state index contributed by atoms with van der Waals surface area (Å²) in [5.41, 5.74) is 1.13. The molecule has 6 heteroatoms. The molecule has 0 aliphatic heterocycles. The highest BCUT2D eigenvalue weighted by Gasteiger charge is 2.11. The van der Waals surface area contributed by atoms with Crippen molar-refractivity contribution in [2.75, 3.05) is 0 Å².